The lowest BCUT2D eigenvalue weighted by atomic mass is 10.1. The number of anilines is 1. The molecule has 3 aromatic heterocycles. The Bertz CT molecular complexity index is 872. The van der Waals surface area contributed by atoms with E-state index in [-0.39, 0.29) is 5.91 Å². The molecule has 0 saturated heterocycles. The summed E-state index contributed by atoms with van der Waals surface area (Å²) in [6.45, 7) is 6.40. The topological polar surface area (TPSA) is 79.9 Å². The van der Waals surface area contributed by atoms with Gasteiger partial charge in [0.25, 0.3) is 5.91 Å². The first kappa shape index (κ1) is 17.1. The standard InChI is InChI=1S/C19H22N4O2/c1-12(2)11-25-13(3)19(24)23-17-7-16(8-20-10-17)15-6-14-4-5-21-18(14)22-9-15/h4-10,12-13H,11H2,1-3H3,(H,21,22)(H,23,24). The molecule has 0 spiro atoms. The molecule has 1 atom stereocenters. The summed E-state index contributed by atoms with van der Waals surface area (Å²) in [5, 5.41) is 3.88. The van der Waals surface area contributed by atoms with E-state index in [9.17, 15) is 4.79 Å². The van der Waals surface area contributed by atoms with E-state index < -0.39 is 6.10 Å². The van der Waals surface area contributed by atoms with Gasteiger partial charge in [-0.1, -0.05) is 13.8 Å². The van der Waals surface area contributed by atoms with Crippen LogP contribution in [0.3, 0.4) is 0 Å². The van der Waals surface area contributed by atoms with Crippen molar-refractivity contribution < 1.29 is 9.53 Å². The molecule has 25 heavy (non-hydrogen) atoms. The fraction of sp³-hybridized carbons (Fsp3) is 0.316. The first-order chi connectivity index (χ1) is 12.0. The molecule has 3 heterocycles. The molecule has 2 N–H and O–H groups in total. The summed E-state index contributed by atoms with van der Waals surface area (Å²) in [5.74, 6) is 0.204. The van der Waals surface area contributed by atoms with Crippen LogP contribution in [0.4, 0.5) is 5.69 Å². The molecule has 1 amide bonds. The number of aromatic nitrogens is 3. The number of H-pyrrole nitrogens is 1. The van der Waals surface area contributed by atoms with Gasteiger partial charge >= 0.3 is 0 Å². The highest BCUT2D eigenvalue weighted by molar-refractivity contribution is 5.94. The van der Waals surface area contributed by atoms with Crippen LogP contribution >= 0.6 is 0 Å². The van der Waals surface area contributed by atoms with E-state index >= 15 is 0 Å². The number of nitrogens with one attached hydrogen (secondary N) is 2. The smallest absolute Gasteiger partial charge is 0.253 e. The largest absolute Gasteiger partial charge is 0.368 e. The van der Waals surface area contributed by atoms with Crippen molar-refractivity contribution in [3.05, 3.63) is 43.0 Å². The molecule has 0 aliphatic heterocycles. The fourth-order valence-corrected chi connectivity index (χ4v) is 2.42. The van der Waals surface area contributed by atoms with Gasteiger partial charge < -0.3 is 15.0 Å². The molecule has 6 nitrogen and oxygen atoms in total. The van der Waals surface area contributed by atoms with Gasteiger partial charge in [0.05, 0.1) is 11.9 Å². The zero-order valence-corrected chi connectivity index (χ0v) is 14.6. The maximum absolute atomic E-state index is 12.2. The Morgan fingerprint density at radius 3 is 2.80 bits per heavy atom. The molecule has 1 unspecified atom stereocenters. The summed E-state index contributed by atoms with van der Waals surface area (Å²) in [5.41, 5.74) is 3.32. The minimum absolute atomic E-state index is 0.182. The van der Waals surface area contributed by atoms with Crippen molar-refractivity contribution in [2.75, 3.05) is 11.9 Å². The summed E-state index contributed by atoms with van der Waals surface area (Å²) in [7, 11) is 0. The Balaban J connectivity index is 1.73. The molecule has 130 valence electrons. The summed E-state index contributed by atoms with van der Waals surface area (Å²) in [6, 6.07) is 5.89. The number of carbonyl (C=O) groups excluding carboxylic acids is 1. The second-order valence-electron chi connectivity index (χ2n) is 6.46. The monoisotopic (exact) mass is 338 g/mol. The maximum Gasteiger partial charge on any atom is 0.253 e. The Hall–Kier alpha value is -2.73. The average Bonchev–Trinajstić information content (AvgIpc) is 3.07. The van der Waals surface area contributed by atoms with Gasteiger partial charge in [0, 0.05) is 41.7 Å². The van der Waals surface area contributed by atoms with E-state index in [1.165, 1.54) is 0 Å². The quantitative estimate of drug-likeness (QED) is 0.719. The van der Waals surface area contributed by atoms with Crippen LogP contribution in [0.2, 0.25) is 0 Å². The predicted molar refractivity (Wildman–Crippen MR) is 98.2 cm³/mol. The molecule has 0 saturated carbocycles. The third kappa shape index (κ3) is 4.22. The second kappa shape index (κ2) is 7.44. The van der Waals surface area contributed by atoms with Crippen LogP contribution in [0.1, 0.15) is 20.8 Å². The Morgan fingerprint density at radius 1 is 1.20 bits per heavy atom. The summed E-state index contributed by atoms with van der Waals surface area (Å²) >= 11 is 0. The highest BCUT2D eigenvalue weighted by Crippen LogP contribution is 2.24. The number of fused-ring (bicyclic) bond motifs is 1. The first-order valence-electron chi connectivity index (χ1n) is 8.34. The molecule has 3 rings (SSSR count). The number of amides is 1. The number of nitrogens with zero attached hydrogens (tertiary/aromatic N) is 2. The van der Waals surface area contributed by atoms with Gasteiger partial charge in [-0.15, -0.1) is 0 Å². The number of ether oxygens (including phenoxy) is 1. The van der Waals surface area contributed by atoms with Gasteiger partial charge in [-0.25, -0.2) is 4.98 Å². The average molecular weight is 338 g/mol. The molecule has 0 fully saturated rings. The highest BCUT2D eigenvalue weighted by atomic mass is 16.5. The third-order valence-electron chi connectivity index (χ3n) is 3.79. The number of hydrogen-bond donors (Lipinski definition) is 2. The normalized spacial score (nSPS) is 12.5. The summed E-state index contributed by atoms with van der Waals surface area (Å²) in [6.07, 6.45) is 6.51. The van der Waals surface area contributed by atoms with Crippen LogP contribution in [-0.4, -0.2) is 33.6 Å². The number of carbonyl (C=O) groups is 1. The zero-order chi connectivity index (χ0) is 17.8. The van der Waals surface area contributed by atoms with E-state index in [4.69, 9.17) is 4.74 Å². The van der Waals surface area contributed by atoms with Crippen LogP contribution in [-0.2, 0) is 9.53 Å². The van der Waals surface area contributed by atoms with Gasteiger partial charge in [-0.05, 0) is 31.0 Å². The van der Waals surface area contributed by atoms with Gasteiger partial charge in [0.2, 0.25) is 0 Å². The van der Waals surface area contributed by atoms with Crippen molar-refractivity contribution in [2.24, 2.45) is 5.92 Å². The summed E-state index contributed by atoms with van der Waals surface area (Å²) < 4.78 is 5.55. The molecular weight excluding hydrogens is 316 g/mol. The van der Waals surface area contributed by atoms with Crippen molar-refractivity contribution >= 4 is 22.6 Å². The maximum atomic E-state index is 12.2. The number of pyridine rings is 2. The fourth-order valence-electron chi connectivity index (χ4n) is 2.42. The third-order valence-corrected chi connectivity index (χ3v) is 3.79. The minimum atomic E-state index is -0.510. The van der Waals surface area contributed by atoms with Crippen molar-refractivity contribution in [3.63, 3.8) is 0 Å². The molecule has 6 heteroatoms. The van der Waals surface area contributed by atoms with E-state index in [1.807, 2.05) is 38.2 Å². The molecule has 0 aliphatic carbocycles. The van der Waals surface area contributed by atoms with E-state index in [2.05, 4.69) is 20.3 Å². The molecule has 0 radical (unpaired) electrons. The van der Waals surface area contributed by atoms with E-state index in [0.717, 1.165) is 22.2 Å². The SMILES string of the molecule is CC(C)COC(C)C(=O)Nc1cncc(-c2cnc3[nH]ccc3c2)c1. The lowest BCUT2D eigenvalue weighted by Gasteiger charge is -2.15. The van der Waals surface area contributed by atoms with Crippen LogP contribution < -0.4 is 5.32 Å². The van der Waals surface area contributed by atoms with E-state index in [1.54, 1.807) is 25.5 Å². The van der Waals surface area contributed by atoms with Gasteiger partial charge in [-0.3, -0.25) is 9.78 Å². The van der Waals surface area contributed by atoms with Crippen molar-refractivity contribution in [2.45, 2.75) is 26.9 Å². The van der Waals surface area contributed by atoms with Gasteiger partial charge in [-0.2, -0.15) is 0 Å². The molecule has 0 bridgehead atoms. The zero-order valence-electron chi connectivity index (χ0n) is 14.6. The van der Waals surface area contributed by atoms with Crippen LogP contribution in [0.5, 0.6) is 0 Å². The lowest BCUT2D eigenvalue weighted by molar-refractivity contribution is -0.126. The predicted octanol–water partition coefficient (Wildman–Crippen LogP) is 3.62. The van der Waals surface area contributed by atoms with Crippen molar-refractivity contribution in [3.8, 4) is 11.1 Å². The molecule has 0 aliphatic rings. The van der Waals surface area contributed by atoms with Crippen molar-refractivity contribution in [1.29, 1.82) is 0 Å². The van der Waals surface area contributed by atoms with Crippen LogP contribution in [0, 0.1) is 5.92 Å². The van der Waals surface area contributed by atoms with Crippen LogP contribution in [0.25, 0.3) is 22.2 Å². The molecular formula is C19H22N4O2. The Kier molecular flexibility index (Phi) is 5.09. The summed E-state index contributed by atoms with van der Waals surface area (Å²) in [4.78, 5) is 23.9. The molecule has 0 aromatic carbocycles. The number of aromatic amines is 1. The highest BCUT2D eigenvalue weighted by Gasteiger charge is 2.14. The Morgan fingerprint density at radius 2 is 2.00 bits per heavy atom. The van der Waals surface area contributed by atoms with Crippen LogP contribution in [0.15, 0.2) is 43.0 Å². The lowest BCUT2D eigenvalue weighted by Crippen LogP contribution is -2.28. The van der Waals surface area contributed by atoms with E-state index in [0.29, 0.717) is 18.2 Å². The number of rotatable bonds is 6. The van der Waals surface area contributed by atoms with Gasteiger partial charge in [0.15, 0.2) is 0 Å². The molecule has 3 aromatic rings. The van der Waals surface area contributed by atoms with Crippen molar-refractivity contribution in [1.82, 2.24) is 15.0 Å². The Labute approximate surface area is 146 Å². The number of hydrogen-bond acceptors (Lipinski definition) is 4. The van der Waals surface area contributed by atoms with Gasteiger partial charge in [0.1, 0.15) is 11.8 Å². The minimum Gasteiger partial charge on any atom is -0.368 e. The second-order valence-corrected chi connectivity index (χ2v) is 6.46. The first-order valence-corrected chi connectivity index (χ1v) is 8.34.